The summed E-state index contributed by atoms with van der Waals surface area (Å²) in [5.74, 6) is 1.21. The Bertz CT molecular complexity index is 599. The summed E-state index contributed by atoms with van der Waals surface area (Å²) in [5, 5.41) is 0.407. The molecule has 1 aromatic rings. The van der Waals surface area contributed by atoms with E-state index in [0.29, 0.717) is 29.2 Å². The Labute approximate surface area is 154 Å². The van der Waals surface area contributed by atoms with Gasteiger partial charge in [0.1, 0.15) is 17.2 Å². The van der Waals surface area contributed by atoms with E-state index in [1.807, 2.05) is 11.9 Å². The monoisotopic (exact) mass is 366 g/mol. The molecule has 1 amide bonds. The molecule has 0 spiro atoms. The Morgan fingerprint density at radius 3 is 2.60 bits per heavy atom. The number of nitrogens with two attached hydrogens (primary N) is 1. The average molecular weight is 367 g/mol. The summed E-state index contributed by atoms with van der Waals surface area (Å²) in [6.07, 6.45) is 7.50. The largest absolute Gasteiger partial charge is 0.382 e. The van der Waals surface area contributed by atoms with Crippen molar-refractivity contribution < 1.29 is 4.79 Å². The Morgan fingerprint density at radius 2 is 1.92 bits per heavy atom. The van der Waals surface area contributed by atoms with E-state index in [2.05, 4.69) is 19.8 Å². The van der Waals surface area contributed by atoms with Gasteiger partial charge < -0.3 is 15.5 Å². The number of aromatic nitrogens is 2. The molecule has 8 heteroatoms. The van der Waals surface area contributed by atoms with Crippen LogP contribution in [0.5, 0.6) is 0 Å². The van der Waals surface area contributed by atoms with Crippen LogP contribution in [0.3, 0.4) is 0 Å². The maximum absolute atomic E-state index is 12.6. The number of halogens is 1. The predicted octanol–water partition coefficient (Wildman–Crippen LogP) is 1.63. The lowest BCUT2D eigenvalue weighted by atomic mass is 9.94. The number of carbonyl (C=O) groups excluding carboxylic acids is 1. The van der Waals surface area contributed by atoms with Crippen molar-refractivity contribution in [2.75, 3.05) is 50.4 Å². The second-order valence-electron chi connectivity index (χ2n) is 6.96. The van der Waals surface area contributed by atoms with Crippen LogP contribution in [0.4, 0.5) is 11.6 Å². The van der Waals surface area contributed by atoms with Crippen LogP contribution in [0, 0.1) is 0 Å². The van der Waals surface area contributed by atoms with Crippen LogP contribution in [-0.4, -0.2) is 71.5 Å². The van der Waals surface area contributed by atoms with Crippen LogP contribution >= 0.6 is 11.6 Å². The van der Waals surface area contributed by atoms with Crippen LogP contribution < -0.4 is 10.6 Å². The first kappa shape index (κ1) is 18.2. The van der Waals surface area contributed by atoms with E-state index < -0.39 is 0 Å². The van der Waals surface area contributed by atoms with E-state index in [1.165, 1.54) is 25.6 Å². The highest BCUT2D eigenvalue weighted by Gasteiger charge is 2.26. The number of nitrogen functional groups attached to an aromatic ring is 1. The average Bonchev–Trinajstić information content (AvgIpc) is 2.65. The zero-order valence-electron chi connectivity index (χ0n) is 14.8. The second-order valence-corrected chi connectivity index (χ2v) is 7.33. The molecular formula is C17H27ClN6O. The van der Waals surface area contributed by atoms with Gasteiger partial charge in [-0.25, -0.2) is 9.97 Å². The topological polar surface area (TPSA) is 78.6 Å². The van der Waals surface area contributed by atoms with E-state index in [-0.39, 0.29) is 5.91 Å². The van der Waals surface area contributed by atoms with Gasteiger partial charge in [-0.2, -0.15) is 0 Å². The molecule has 25 heavy (non-hydrogen) atoms. The quantitative estimate of drug-likeness (QED) is 0.872. The lowest BCUT2D eigenvalue weighted by molar-refractivity contribution is -0.133. The summed E-state index contributed by atoms with van der Waals surface area (Å²) in [4.78, 5) is 27.0. The van der Waals surface area contributed by atoms with Gasteiger partial charge in [0.25, 0.3) is 0 Å². The summed E-state index contributed by atoms with van der Waals surface area (Å²) >= 11 is 6.21. The van der Waals surface area contributed by atoms with Crippen molar-refractivity contribution in [3.8, 4) is 0 Å². The number of anilines is 2. The normalized spacial score (nSPS) is 19.8. The molecule has 1 saturated carbocycles. The minimum absolute atomic E-state index is 0.227. The third kappa shape index (κ3) is 4.33. The van der Waals surface area contributed by atoms with Crippen molar-refractivity contribution in [3.05, 3.63) is 11.3 Å². The Kier molecular flexibility index (Phi) is 5.96. The summed E-state index contributed by atoms with van der Waals surface area (Å²) in [7, 11) is 1.96. The molecule has 7 nitrogen and oxygen atoms in total. The minimum Gasteiger partial charge on any atom is -0.382 e. The zero-order chi connectivity index (χ0) is 17.8. The lowest BCUT2D eigenvalue weighted by Gasteiger charge is -2.37. The molecule has 1 aliphatic heterocycles. The van der Waals surface area contributed by atoms with E-state index >= 15 is 0 Å². The second kappa shape index (κ2) is 8.19. The lowest BCUT2D eigenvalue weighted by Crippen LogP contribution is -2.51. The van der Waals surface area contributed by atoms with E-state index in [9.17, 15) is 4.79 Å². The maximum Gasteiger partial charge on any atom is 0.236 e. The number of hydrogen-bond donors (Lipinski definition) is 1. The van der Waals surface area contributed by atoms with E-state index in [0.717, 1.165) is 39.0 Å². The van der Waals surface area contributed by atoms with Crippen molar-refractivity contribution in [1.29, 1.82) is 0 Å². The van der Waals surface area contributed by atoms with Crippen molar-refractivity contribution in [1.82, 2.24) is 19.8 Å². The molecule has 2 fully saturated rings. The molecule has 0 bridgehead atoms. The molecule has 1 aromatic heterocycles. The SMILES string of the molecule is CN(C(=O)CN1CCN(c2ncnc(N)c2Cl)CC1)C1CCCCC1. The van der Waals surface area contributed by atoms with Crippen LogP contribution in [0.15, 0.2) is 6.33 Å². The predicted molar refractivity (Wildman–Crippen MR) is 99.8 cm³/mol. The summed E-state index contributed by atoms with van der Waals surface area (Å²) in [5.41, 5.74) is 5.75. The highest BCUT2D eigenvalue weighted by atomic mass is 35.5. The van der Waals surface area contributed by atoms with Crippen LogP contribution in [-0.2, 0) is 4.79 Å². The van der Waals surface area contributed by atoms with E-state index in [4.69, 9.17) is 17.3 Å². The Hall–Kier alpha value is -1.60. The molecule has 2 aliphatic rings. The van der Waals surface area contributed by atoms with Gasteiger partial charge in [-0.05, 0) is 12.8 Å². The van der Waals surface area contributed by atoms with Crippen molar-refractivity contribution >= 4 is 29.1 Å². The van der Waals surface area contributed by atoms with Crippen LogP contribution in [0.2, 0.25) is 5.02 Å². The maximum atomic E-state index is 12.6. The molecule has 3 rings (SSSR count). The number of nitrogens with zero attached hydrogens (tertiary/aromatic N) is 5. The fourth-order valence-corrected chi connectivity index (χ4v) is 3.90. The molecule has 0 aromatic carbocycles. The first-order valence-corrected chi connectivity index (χ1v) is 9.43. The summed E-state index contributed by atoms with van der Waals surface area (Å²) in [6.45, 7) is 3.66. The minimum atomic E-state index is 0.227. The molecule has 1 aliphatic carbocycles. The van der Waals surface area contributed by atoms with Crippen LogP contribution in [0.1, 0.15) is 32.1 Å². The Morgan fingerprint density at radius 1 is 1.24 bits per heavy atom. The first-order chi connectivity index (χ1) is 12.1. The zero-order valence-corrected chi connectivity index (χ0v) is 15.6. The fourth-order valence-electron chi connectivity index (χ4n) is 3.69. The third-order valence-corrected chi connectivity index (χ3v) is 5.71. The van der Waals surface area contributed by atoms with Gasteiger partial charge in [0.05, 0.1) is 6.54 Å². The first-order valence-electron chi connectivity index (χ1n) is 9.05. The smallest absolute Gasteiger partial charge is 0.236 e. The van der Waals surface area contributed by atoms with Crippen molar-refractivity contribution in [2.24, 2.45) is 0 Å². The van der Waals surface area contributed by atoms with Gasteiger partial charge in [-0.3, -0.25) is 9.69 Å². The van der Waals surface area contributed by atoms with Crippen molar-refractivity contribution in [3.63, 3.8) is 0 Å². The summed E-state index contributed by atoms with van der Waals surface area (Å²) < 4.78 is 0. The standard InChI is InChI=1S/C17H27ClN6O/c1-22(13-5-3-2-4-6-13)14(25)11-23-7-9-24(10-8-23)17-15(18)16(19)20-12-21-17/h12-13H,2-11H2,1H3,(H2,19,20,21). The summed E-state index contributed by atoms with van der Waals surface area (Å²) in [6, 6.07) is 0.422. The molecule has 2 N–H and O–H groups in total. The number of likely N-dealkylation sites (N-methyl/N-ethyl adjacent to an activating group) is 1. The highest BCUT2D eigenvalue weighted by molar-refractivity contribution is 6.35. The number of carbonyl (C=O) groups is 1. The third-order valence-electron chi connectivity index (χ3n) is 5.34. The Balaban J connectivity index is 1.50. The fraction of sp³-hybridized carbons (Fsp3) is 0.706. The van der Waals surface area contributed by atoms with E-state index in [1.54, 1.807) is 0 Å². The van der Waals surface area contributed by atoms with Gasteiger partial charge >= 0.3 is 0 Å². The molecule has 0 radical (unpaired) electrons. The van der Waals surface area contributed by atoms with Gasteiger partial charge in [0.15, 0.2) is 5.82 Å². The van der Waals surface area contributed by atoms with Gasteiger partial charge in [-0.1, -0.05) is 30.9 Å². The molecule has 0 unspecified atom stereocenters. The molecule has 1 saturated heterocycles. The molecular weight excluding hydrogens is 340 g/mol. The van der Waals surface area contributed by atoms with Gasteiger partial charge in [-0.15, -0.1) is 0 Å². The van der Waals surface area contributed by atoms with Gasteiger partial charge in [0, 0.05) is 39.3 Å². The molecule has 0 atom stereocenters. The van der Waals surface area contributed by atoms with Crippen LogP contribution in [0.25, 0.3) is 0 Å². The number of piperazine rings is 1. The number of amides is 1. The number of rotatable bonds is 4. The number of hydrogen-bond acceptors (Lipinski definition) is 6. The molecule has 138 valence electrons. The van der Waals surface area contributed by atoms with Gasteiger partial charge in [0.2, 0.25) is 5.91 Å². The highest BCUT2D eigenvalue weighted by Crippen LogP contribution is 2.27. The van der Waals surface area contributed by atoms with Crippen molar-refractivity contribution in [2.45, 2.75) is 38.1 Å². The molecule has 2 heterocycles.